The molecular formula is C12H17N3O3. The van der Waals surface area contributed by atoms with Crippen LogP contribution in [0.25, 0.3) is 0 Å². The molecule has 0 bridgehead atoms. The third-order valence-corrected chi connectivity index (χ3v) is 2.33. The fraction of sp³-hybridized carbons (Fsp3) is 0.333. The third-order valence-electron chi connectivity index (χ3n) is 2.33. The fourth-order valence-electron chi connectivity index (χ4n) is 1.47. The van der Waals surface area contributed by atoms with Crippen LogP contribution >= 0.6 is 0 Å². The number of urea groups is 1. The van der Waals surface area contributed by atoms with Crippen LogP contribution in [-0.2, 0) is 16.1 Å². The summed E-state index contributed by atoms with van der Waals surface area (Å²) in [6, 6.07) is 6.02. The summed E-state index contributed by atoms with van der Waals surface area (Å²) in [7, 11) is 1.60. The van der Waals surface area contributed by atoms with Gasteiger partial charge in [-0.2, -0.15) is 0 Å². The zero-order chi connectivity index (χ0) is 13.5. The summed E-state index contributed by atoms with van der Waals surface area (Å²) in [6.07, 6.45) is 0. The van der Waals surface area contributed by atoms with E-state index >= 15 is 0 Å². The highest BCUT2D eigenvalue weighted by Gasteiger charge is 2.15. The molecule has 0 aliphatic heterocycles. The first-order valence-electron chi connectivity index (χ1n) is 5.48. The van der Waals surface area contributed by atoms with Gasteiger partial charge in [0.25, 0.3) is 0 Å². The Morgan fingerprint density at radius 2 is 2.06 bits per heavy atom. The average Bonchev–Trinajstić information content (AvgIpc) is 2.31. The number of ether oxygens (including phenoxy) is 1. The average molecular weight is 251 g/mol. The lowest BCUT2D eigenvalue weighted by molar-refractivity contribution is -0.120. The van der Waals surface area contributed by atoms with Crippen molar-refractivity contribution < 1.29 is 14.3 Å². The quantitative estimate of drug-likeness (QED) is 0.722. The summed E-state index contributed by atoms with van der Waals surface area (Å²) in [5.41, 5.74) is 6.60. The first-order valence-corrected chi connectivity index (χ1v) is 5.48. The zero-order valence-corrected chi connectivity index (χ0v) is 10.4. The van der Waals surface area contributed by atoms with Gasteiger partial charge in [0.15, 0.2) is 0 Å². The van der Waals surface area contributed by atoms with Gasteiger partial charge < -0.3 is 15.8 Å². The second kappa shape index (κ2) is 6.61. The number of imide groups is 1. The molecule has 1 rings (SSSR count). The summed E-state index contributed by atoms with van der Waals surface area (Å²) >= 11 is 0. The molecule has 6 heteroatoms. The van der Waals surface area contributed by atoms with Crippen molar-refractivity contribution in [3.05, 3.63) is 29.8 Å². The van der Waals surface area contributed by atoms with Gasteiger partial charge >= 0.3 is 6.03 Å². The van der Waals surface area contributed by atoms with Gasteiger partial charge in [-0.1, -0.05) is 18.2 Å². The molecule has 0 spiro atoms. The maximum Gasteiger partial charge on any atom is 0.318 e. The summed E-state index contributed by atoms with van der Waals surface area (Å²) in [4.78, 5) is 22.1. The van der Waals surface area contributed by atoms with Crippen LogP contribution in [-0.4, -0.2) is 25.1 Å². The third kappa shape index (κ3) is 4.06. The Morgan fingerprint density at radius 3 is 2.67 bits per heavy atom. The Kier molecular flexibility index (Phi) is 5.13. The lowest BCUT2D eigenvalue weighted by Crippen LogP contribution is -2.43. The molecule has 6 nitrogen and oxygen atoms in total. The van der Waals surface area contributed by atoms with E-state index in [0.29, 0.717) is 6.61 Å². The van der Waals surface area contributed by atoms with Crippen LogP contribution in [0.15, 0.2) is 24.3 Å². The lowest BCUT2D eigenvalue weighted by atomic mass is 10.1. The highest BCUT2D eigenvalue weighted by molar-refractivity contribution is 5.97. The molecule has 0 radical (unpaired) electrons. The van der Waals surface area contributed by atoms with Crippen LogP contribution in [0.2, 0.25) is 0 Å². The second-order valence-corrected chi connectivity index (χ2v) is 3.81. The standard InChI is InChI=1S/C12H17N3O3/c1-8(11(16)15-12(13)17)14-10-6-4-3-5-9(10)7-18-2/h3-6,8,14H,7H2,1-2H3,(H3,13,15,16,17). The van der Waals surface area contributed by atoms with Crippen LogP contribution in [0.3, 0.4) is 0 Å². The molecule has 3 amide bonds. The topological polar surface area (TPSA) is 93.4 Å². The Labute approximate surface area is 105 Å². The summed E-state index contributed by atoms with van der Waals surface area (Å²) in [6.45, 7) is 2.08. The van der Waals surface area contributed by atoms with Crippen molar-refractivity contribution in [1.29, 1.82) is 0 Å². The maximum atomic E-state index is 11.5. The molecule has 0 aromatic heterocycles. The largest absolute Gasteiger partial charge is 0.380 e. The number of hydrogen-bond acceptors (Lipinski definition) is 4. The molecule has 18 heavy (non-hydrogen) atoms. The predicted octanol–water partition coefficient (Wildman–Crippen LogP) is 0.828. The van der Waals surface area contributed by atoms with E-state index in [-0.39, 0.29) is 0 Å². The monoisotopic (exact) mass is 251 g/mol. The van der Waals surface area contributed by atoms with E-state index in [2.05, 4.69) is 5.32 Å². The van der Waals surface area contributed by atoms with Gasteiger partial charge in [-0.15, -0.1) is 0 Å². The van der Waals surface area contributed by atoms with Crippen molar-refractivity contribution in [3.8, 4) is 0 Å². The van der Waals surface area contributed by atoms with E-state index in [1.807, 2.05) is 29.6 Å². The molecule has 0 fully saturated rings. The number of nitrogens with two attached hydrogens (primary N) is 1. The zero-order valence-electron chi connectivity index (χ0n) is 10.4. The van der Waals surface area contributed by atoms with Crippen molar-refractivity contribution in [3.63, 3.8) is 0 Å². The molecule has 0 saturated heterocycles. The normalized spacial score (nSPS) is 11.7. The number of methoxy groups -OCH3 is 1. The summed E-state index contributed by atoms with van der Waals surface area (Å²) in [5, 5.41) is 5.02. The number of nitrogens with one attached hydrogen (secondary N) is 2. The van der Waals surface area contributed by atoms with Crippen LogP contribution < -0.4 is 16.4 Å². The molecule has 1 atom stereocenters. The van der Waals surface area contributed by atoms with Crippen LogP contribution in [0.1, 0.15) is 12.5 Å². The smallest absolute Gasteiger partial charge is 0.318 e. The second-order valence-electron chi connectivity index (χ2n) is 3.81. The van der Waals surface area contributed by atoms with Crippen molar-refractivity contribution >= 4 is 17.6 Å². The molecule has 0 saturated carbocycles. The fourth-order valence-corrected chi connectivity index (χ4v) is 1.47. The van der Waals surface area contributed by atoms with Crippen LogP contribution in [0, 0.1) is 0 Å². The molecular weight excluding hydrogens is 234 g/mol. The van der Waals surface area contributed by atoms with E-state index < -0.39 is 18.0 Å². The van der Waals surface area contributed by atoms with Gasteiger partial charge in [-0.05, 0) is 13.0 Å². The Balaban J connectivity index is 2.71. The molecule has 0 heterocycles. The number of primary amides is 1. The van der Waals surface area contributed by atoms with Gasteiger partial charge in [0.2, 0.25) is 5.91 Å². The lowest BCUT2D eigenvalue weighted by Gasteiger charge is -2.16. The first kappa shape index (κ1) is 14.0. The predicted molar refractivity (Wildman–Crippen MR) is 68.0 cm³/mol. The molecule has 98 valence electrons. The van der Waals surface area contributed by atoms with Gasteiger partial charge in [0.1, 0.15) is 6.04 Å². The Morgan fingerprint density at radius 1 is 1.39 bits per heavy atom. The van der Waals surface area contributed by atoms with E-state index in [1.165, 1.54) is 0 Å². The number of hydrogen-bond donors (Lipinski definition) is 3. The van der Waals surface area contributed by atoms with Crippen molar-refractivity contribution in [2.45, 2.75) is 19.6 Å². The van der Waals surface area contributed by atoms with E-state index in [4.69, 9.17) is 10.5 Å². The van der Waals surface area contributed by atoms with Crippen molar-refractivity contribution in [2.24, 2.45) is 5.73 Å². The minimum atomic E-state index is -0.862. The number of benzene rings is 1. The number of carbonyl (C=O) groups is 2. The number of para-hydroxylation sites is 1. The summed E-state index contributed by atoms with van der Waals surface area (Å²) < 4.78 is 5.06. The minimum absolute atomic E-state index is 0.438. The SMILES string of the molecule is COCc1ccccc1NC(C)C(=O)NC(N)=O. The molecule has 0 aliphatic carbocycles. The molecule has 1 aromatic rings. The van der Waals surface area contributed by atoms with E-state index in [9.17, 15) is 9.59 Å². The number of amides is 3. The van der Waals surface area contributed by atoms with Gasteiger partial charge in [0.05, 0.1) is 6.61 Å². The van der Waals surface area contributed by atoms with E-state index in [0.717, 1.165) is 11.3 Å². The highest BCUT2D eigenvalue weighted by atomic mass is 16.5. The van der Waals surface area contributed by atoms with Crippen LogP contribution in [0.5, 0.6) is 0 Å². The van der Waals surface area contributed by atoms with E-state index in [1.54, 1.807) is 14.0 Å². The molecule has 1 aromatic carbocycles. The van der Waals surface area contributed by atoms with Gasteiger partial charge in [-0.25, -0.2) is 4.79 Å². The molecule has 0 aliphatic rings. The highest BCUT2D eigenvalue weighted by Crippen LogP contribution is 2.16. The van der Waals surface area contributed by atoms with Crippen LogP contribution in [0.4, 0.5) is 10.5 Å². The number of carbonyl (C=O) groups excluding carboxylic acids is 2. The number of anilines is 1. The van der Waals surface area contributed by atoms with Gasteiger partial charge in [0, 0.05) is 18.4 Å². The Hall–Kier alpha value is -2.08. The van der Waals surface area contributed by atoms with Crippen molar-refractivity contribution in [2.75, 3.05) is 12.4 Å². The minimum Gasteiger partial charge on any atom is -0.380 e. The Bertz CT molecular complexity index is 434. The number of rotatable bonds is 5. The summed E-state index contributed by atoms with van der Waals surface area (Å²) in [5.74, 6) is -0.477. The molecule has 1 unspecified atom stereocenters. The van der Waals surface area contributed by atoms with Crippen molar-refractivity contribution in [1.82, 2.24) is 5.32 Å². The molecule has 4 N–H and O–H groups in total. The maximum absolute atomic E-state index is 11.5. The first-order chi connectivity index (χ1) is 8.54. The van der Waals surface area contributed by atoms with Gasteiger partial charge in [-0.3, -0.25) is 10.1 Å².